The zero-order chi connectivity index (χ0) is 27.4. The zero-order valence-electron chi connectivity index (χ0n) is 21.2. The van der Waals surface area contributed by atoms with Crippen molar-refractivity contribution in [1.82, 2.24) is 4.57 Å². The summed E-state index contributed by atoms with van der Waals surface area (Å²) in [5, 5.41) is 0.987. The Morgan fingerprint density at radius 3 is 2.37 bits per heavy atom. The van der Waals surface area contributed by atoms with Gasteiger partial charge in [0.05, 0.1) is 10.6 Å². The van der Waals surface area contributed by atoms with E-state index >= 15 is 0 Å². The van der Waals surface area contributed by atoms with E-state index in [4.69, 9.17) is 0 Å². The summed E-state index contributed by atoms with van der Waals surface area (Å²) in [6, 6.07) is 20.1. The standard InChI is InChI=1S/C21H20N3OS2.C7H8O3S/c1-4-12-24-18(14-15-9-7-8-13-22(15)2)27-19(20(24)25)21-23(3)16-10-5-6-11-17(16)26-21;1-6-2-4-7(5-3-6)11(8,9)10/h4-11,13-14H,1,12H2,2-3H3;2-5H,1H3,(H,8,9,10)/q+1;/p-1/b21-19-;. The summed E-state index contributed by atoms with van der Waals surface area (Å²) in [5.74, 6) is 0. The second-order valence-electron chi connectivity index (χ2n) is 8.56. The molecular formula is C28H27N3O4S3. The second kappa shape index (κ2) is 11.5. The Bertz CT molecular complexity index is 1770. The summed E-state index contributed by atoms with van der Waals surface area (Å²) < 4.78 is 36.7. The maximum Gasteiger partial charge on any atom is 0.272 e. The average molecular weight is 566 g/mol. The van der Waals surface area contributed by atoms with Gasteiger partial charge < -0.3 is 9.45 Å². The third kappa shape index (κ3) is 5.99. The molecule has 0 radical (unpaired) electrons. The number of hydrogen-bond donors (Lipinski definition) is 0. The Kier molecular flexibility index (Phi) is 8.37. The SMILES string of the molecule is C=CCn1c(=O)/c(=C2/Sc3ccccc3N2C)s/c1=C/c1cccc[n+]1C.Cc1ccc(S(=O)(=O)[O-])cc1. The van der Waals surface area contributed by atoms with E-state index in [2.05, 4.69) is 29.7 Å². The molecular weight excluding hydrogens is 539 g/mol. The van der Waals surface area contributed by atoms with Gasteiger partial charge in [-0.2, -0.15) is 0 Å². The topological polar surface area (TPSA) is 86.3 Å². The number of aryl methyl sites for hydroxylation is 2. The maximum atomic E-state index is 13.2. The number of rotatable bonds is 4. The van der Waals surface area contributed by atoms with Crippen molar-refractivity contribution >= 4 is 50.0 Å². The van der Waals surface area contributed by atoms with Gasteiger partial charge >= 0.3 is 0 Å². The molecule has 0 aliphatic carbocycles. The summed E-state index contributed by atoms with van der Waals surface area (Å²) in [7, 11) is -0.248. The van der Waals surface area contributed by atoms with Crippen molar-refractivity contribution < 1.29 is 17.5 Å². The highest BCUT2D eigenvalue weighted by Crippen LogP contribution is 2.44. The molecule has 0 fully saturated rings. The molecule has 2 aromatic heterocycles. The molecule has 0 N–H and O–H groups in total. The first kappa shape index (κ1) is 27.6. The summed E-state index contributed by atoms with van der Waals surface area (Å²) in [4.78, 5) is 16.3. The van der Waals surface area contributed by atoms with Gasteiger partial charge in [0.25, 0.3) is 5.56 Å². The Labute approximate surface area is 230 Å². The average Bonchev–Trinajstić information content (AvgIpc) is 3.37. The highest BCUT2D eigenvalue weighted by atomic mass is 32.2. The molecule has 196 valence electrons. The lowest BCUT2D eigenvalue weighted by atomic mass is 10.2. The van der Waals surface area contributed by atoms with E-state index in [1.165, 1.54) is 28.4 Å². The minimum atomic E-state index is -4.27. The molecule has 3 heterocycles. The van der Waals surface area contributed by atoms with Crippen molar-refractivity contribution in [2.24, 2.45) is 7.05 Å². The van der Waals surface area contributed by atoms with Gasteiger partial charge in [-0.3, -0.25) is 9.36 Å². The molecule has 5 rings (SSSR count). The summed E-state index contributed by atoms with van der Waals surface area (Å²) in [6.07, 6.45) is 5.83. The van der Waals surface area contributed by atoms with Crippen molar-refractivity contribution in [2.45, 2.75) is 23.3 Å². The number of benzene rings is 2. The Morgan fingerprint density at radius 2 is 1.74 bits per heavy atom. The van der Waals surface area contributed by atoms with Crippen LogP contribution in [0, 0.1) is 6.92 Å². The van der Waals surface area contributed by atoms with E-state index in [1.807, 2.05) is 62.1 Å². The van der Waals surface area contributed by atoms with E-state index in [9.17, 15) is 17.8 Å². The minimum absolute atomic E-state index is 0.0342. The molecule has 2 aromatic carbocycles. The lowest BCUT2D eigenvalue weighted by Gasteiger charge is -2.11. The van der Waals surface area contributed by atoms with Gasteiger partial charge in [-0.05, 0) is 37.3 Å². The van der Waals surface area contributed by atoms with Crippen LogP contribution >= 0.6 is 23.1 Å². The van der Waals surface area contributed by atoms with Crippen LogP contribution in [-0.4, -0.2) is 24.6 Å². The number of hydrogen-bond acceptors (Lipinski definition) is 7. The molecule has 0 amide bonds. The number of pyridine rings is 1. The number of thiazole rings is 1. The molecule has 0 spiro atoms. The van der Waals surface area contributed by atoms with Gasteiger partial charge in [0.1, 0.15) is 31.4 Å². The van der Waals surface area contributed by atoms with Gasteiger partial charge in [-0.1, -0.05) is 47.7 Å². The number of allylic oxidation sites excluding steroid dienone is 1. The summed E-state index contributed by atoms with van der Waals surface area (Å²) in [6.45, 7) is 6.13. The number of fused-ring (bicyclic) bond motifs is 1. The lowest BCUT2D eigenvalue weighted by Crippen LogP contribution is -2.35. The van der Waals surface area contributed by atoms with Crippen LogP contribution in [0.3, 0.4) is 0 Å². The number of anilines is 1. The van der Waals surface area contributed by atoms with Gasteiger partial charge in [-0.15, -0.1) is 17.9 Å². The Hall–Kier alpha value is -3.44. The van der Waals surface area contributed by atoms with Crippen LogP contribution in [0.2, 0.25) is 0 Å². The third-order valence-corrected chi connectivity index (χ3v) is 9.17. The third-order valence-electron chi connectivity index (χ3n) is 5.83. The van der Waals surface area contributed by atoms with Gasteiger partial charge in [0.2, 0.25) is 5.69 Å². The van der Waals surface area contributed by atoms with Crippen molar-refractivity contribution in [3.05, 3.63) is 116 Å². The molecule has 0 saturated heterocycles. The van der Waals surface area contributed by atoms with E-state index in [0.29, 0.717) is 6.54 Å². The normalized spacial score (nSPS) is 14.6. The van der Waals surface area contributed by atoms with E-state index in [-0.39, 0.29) is 10.5 Å². The molecule has 7 nitrogen and oxygen atoms in total. The van der Waals surface area contributed by atoms with Crippen LogP contribution in [0.15, 0.2) is 100 Å². The Balaban J connectivity index is 0.000000257. The largest absolute Gasteiger partial charge is 0.744 e. The molecule has 38 heavy (non-hydrogen) atoms. The van der Waals surface area contributed by atoms with E-state index < -0.39 is 10.1 Å². The quantitative estimate of drug-likeness (QED) is 0.215. The smallest absolute Gasteiger partial charge is 0.272 e. The van der Waals surface area contributed by atoms with Crippen molar-refractivity contribution in [3.8, 4) is 0 Å². The zero-order valence-corrected chi connectivity index (χ0v) is 23.6. The first-order valence-corrected chi connectivity index (χ1v) is 14.7. The van der Waals surface area contributed by atoms with Crippen LogP contribution < -0.4 is 24.2 Å². The number of nitrogens with zero attached hydrogens (tertiary/aromatic N) is 3. The second-order valence-corrected chi connectivity index (χ2v) is 12.0. The maximum absolute atomic E-state index is 13.2. The van der Waals surface area contributed by atoms with E-state index in [1.54, 1.807) is 34.5 Å². The molecule has 0 atom stereocenters. The van der Waals surface area contributed by atoms with Gasteiger partial charge in [-0.25, -0.2) is 13.0 Å². The fourth-order valence-electron chi connectivity index (χ4n) is 3.79. The fraction of sp³-hybridized carbons (Fsp3) is 0.143. The highest BCUT2D eigenvalue weighted by Gasteiger charge is 2.24. The van der Waals surface area contributed by atoms with Crippen LogP contribution in [0.4, 0.5) is 5.69 Å². The molecule has 4 aromatic rings. The Morgan fingerprint density at radius 1 is 1.05 bits per heavy atom. The number of para-hydroxylation sites is 1. The first-order valence-electron chi connectivity index (χ1n) is 11.6. The predicted octanol–water partition coefficient (Wildman–Crippen LogP) is 2.96. The number of thioether (sulfide) groups is 1. The first-order chi connectivity index (χ1) is 18.1. The molecule has 0 saturated carbocycles. The van der Waals surface area contributed by atoms with Crippen molar-refractivity contribution in [1.29, 1.82) is 0 Å². The summed E-state index contributed by atoms with van der Waals surface area (Å²) in [5.41, 5.74) is 3.15. The summed E-state index contributed by atoms with van der Waals surface area (Å²) >= 11 is 3.19. The fourth-order valence-corrected chi connectivity index (χ4v) is 6.67. The van der Waals surface area contributed by atoms with Gasteiger partial charge in [0.15, 0.2) is 6.20 Å². The highest BCUT2D eigenvalue weighted by molar-refractivity contribution is 8.08. The minimum Gasteiger partial charge on any atom is -0.744 e. The molecule has 1 aliphatic heterocycles. The van der Waals surface area contributed by atoms with Crippen molar-refractivity contribution in [3.63, 3.8) is 0 Å². The van der Waals surface area contributed by atoms with Crippen molar-refractivity contribution in [2.75, 3.05) is 11.9 Å². The molecule has 0 unspecified atom stereocenters. The molecule has 0 bridgehead atoms. The monoisotopic (exact) mass is 565 g/mol. The lowest BCUT2D eigenvalue weighted by molar-refractivity contribution is -0.673. The van der Waals surface area contributed by atoms with Crippen LogP contribution in [0.1, 0.15) is 11.3 Å². The predicted molar refractivity (Wildman–Crippen MR) is 152 cm³/mol. The molecule has 1 aliphatic rings. The van der Waals surface area contributed by atoms with Crippen LogP contribution in [-0.2, 0) is 23.7 Å². The van der Waals surface area contributed by atoms with Crippen LogP contribution in [0.25, 0.3) is 11.1 Å². The van der Waals surface area contributed by atoms with E-state index in [0.717, 1.165) is 31.2 Å². The molecule has 10 heteroatoms. The van der Waals surface area contributed by atoms with Gasteiger partial charge in [0, 0.05) is 36.7 Å². The number of aromatic nitrogens is 2. The van der Waals surface area contributed by atoms with Crippen LogP contribution in [0.5, 0.6) is 0 Å².